The molecule has 1 aliphatic carbocycles. The molecule has 0 radical (unpaired) electrons. The van der Waals surface area contributed by atoms with Crippen LogP contribution >= 0.6 is 0 Å². The van der Waals surface area contributed by atoms with Gasteiger partial charge >= 0.3 is 0 Å². The van der Waals surface area contributed by atoms with Crippen LogP contribution in [-0.2, 0) is 16.6 Å². The van der Waals surface area contributed by atoms with Crippen molar-refractivity contribution in [3.05, 3.63) is 29.3 Å². The van der Waals surface area contributed by atoms with Gasteiger partial charge in [0.15, 0.2) is 0 Å². The van der Waals surface area contributed by atoms with Crippen molar-refractivity contribution in [2.45, 2.75) is 45.1 Å². The summed E-state index contributed by atoms with van der Waals surface area (Å²) in [6, 6.07) is 5.26. The lowest BCUT2D eigenvalue weighted by molar-refractivity contribution is 0.357. The van der Waals surface area contributed by atoms with E-state index >= 15 is 0 Å². The molecule has 1 aromatic carbocycles. The molecular formula is C15H24N2O2S. The van der Waals surface area contributed by atoms with Gasteiger partial charge in [0.2, 0.25) is 10.0 Å². The number of nitrogens with one attached hydrogen (secondary N) is 1. The molecule has 0 unspecified atom stereocenters. The van der Waals surface area contributed by atoms with E-state index < -0.39 is 10.0 Å². The smallest absolute Gasteiger partial charge is 0.240 e. The maximum absolute atomic E-state index is 12.4. The van der Waals surface area contributed by atoms with Crippen LogP contribution in [0, 0.1) is 18.3 Å². The number of benzene rings is 1. The summed E-state index contributed by atoms with van der Waals surface area (Å²) in [7, 11) is -3.43. The van der Waals surface area contributed by atoms with Crippen LogP contribution < -0.4 is 10.5 Å². The topological polar surface area (TPSA) is 72.2 Å². The zero-order chi connectivity index (χ0) is 15.0. The Labute approximate surface area is 121 Å². The van der Waals surface area contributed by atoms with Crippen molar-refractivity contribution in [3.8, 4) is 0 Å². The molecule has 0 spiro atoms. The Morgan fingerprint density at radius 2 is 2.00 bits per heavy atom. The number of rotatable bonds is 6. The maximum Gasteiger partial charge on any atom is 0.240 e. The molecule has 0 saturated heterocycles. The summed E-state index contributed by atoms with van der Waals surface area (Å²) in [4.78, 5) is 0.356. The Balaban J connectivity index is 2.15. The summed E-state index contributed by atoms with van der Waals surface area (Å²) < 4.78 is 27.6. The van der Waals surface area contributed by atoms with Crippen molar-refractivity contribution in [2.24, 2.45) is 17.1 Å². The molecule has 0 aliphatic heterocycles. The van der Waals surface area contributed by atoms with Gasteiger partial charge in [0, 0.05) is 13.1 Å². The Hall–Kier alpha value is -0.910. The summed E-state index contributed by atoms with van der Waals surface area (Å²) in [5, 5.41) is 0. The minimum atomic E-state index is -3.43. The third-order valence-corrected chi connectivity index (χ3v) is 6.06. The zero-order valence-corrected chi connectivity index (χ0v) is 13.3. The van der Waals surface area contributed by atoms with Gasteiger partial charge in [-0.3, -0.25) is 0 Å². The van der Waals surface area contributed by atoms with Crippen LogP contribution in [0.25, 0.3) is 0 Å². The average Bonchev–Trinajstić information content (AvgIpc) is 3.17. The second-order valence-corrected chi connectivity index (χ2v) is 7.88. The van der Waals surface area contributed by atoms with Gasteiger partial charge < -0.3 is 5.73 Å². The highest BCUT2D eigenvalue weighted by atomic mass is 32.2. The van der Waals surface area contributed by atoms with Gasteiger partial charge in [0.25, 0.3) is 0 Å². The van der Waals surface area contributed by atoms with Crippen LogP contribution in [0.5, 0.6) is 0 Å². The SMILES string of the molecule is Cc1cc(CN)ccc1S(=O)(=O)NCC1(C(C)C)CC1. The molecule has 0 heterocycles. The number of hydrogen-bond donors (Lipinski definition) is 2. The molecule has 1 aromatic rings. The summed E-state index contributed by atoms with van der Waals surface area (Å²) in [6.45, 7) is 7.07. The van der Waals surface area contributed by atoms with E-state index in [0.717, 1.165) is 24.0 Å². The predicted octanol–water partition coefficient (Wildman–Crippen LogP) is 2.17. The van der Waals surface area contributed by atoms with E-state index in [1.165, 1.54) is 0 Å². The van der Waals surface area contributed by atoms with Gasteiger partial charge in [0.1, 0.15) is 0 Å². The van der Waals surface area contributed by atoms with E-state index in [0.29, 0.717) is 23.9 Å². The third-order valence-electron chi connectivity index (χ3n) is 4.50. The molecule has 0 bridgehead atoms. The Morgan fingerprint density at radius 1 is 1.35 bits per heavy atom. The molecular weight excluding hydrogens is 272 g/mol. The van der Waals surface area contributed by atoms with Crippen LogP contribution in [0.3, 0.4) is 0 Å². The van der Waals surface area contributed by atoms with Crippen molar-refractivity contribution in [2.75, 3.05) is 6.54 Å². The molecule has 112 valence electrons. The van der Waals surface area contributed by atoms with Crippen molar-refractivity contribution >= 4 is 10.0 Å². The Kier molecular flexibility index (Phi) is 4.23. The van der Waals surface area contributed by atoms with E-state index in [9.17, 15) is 8.42 Å². The highest BCUT2D eigenvalue weighted by molar-refractivity contribution is 7.89. The fourth-order valence-electron chi connectivity index (χ4n) is 2.58. The molecule has 1 saturated carbocycles. The number of hydrogen-bond acceptors (Lipinski definition) is 3. The van der Waals surface area contributed by atoms with Gasteiger partial charge in [-0.2, -0.15) is 0 Å². The second kappa shape index (κ2) is 5.47. The molecule has 0 amide bonds. The first kappa shape index (κ1) is 15.5. The van der Waals surface area contributed by atoms with Crippen LogP contribution in [0.4, 0.5) is 0 Å². The Morgan fingerprint density at radius 3 is 2.45 bits per heavy atom. The van der Waals surface area contributed by atoms with Gasteiger partial charge in [-0.1, -0.05) is 26.0 Å². The van der Waals surface area contributed by atoms with Crippen molar-refractivity contribution in [1.29, 1.82) is 0 Å². The maximum atomic E-state index is 12.4. The van der Waals surface area contributed by atoms with Crippen molar-refractivity contribution in [3.63, 3.8) is 0 Å². The molecule has 0 aromatic heterocycles. The normalized spacial score (nSPS) is 17.4. The molecule has 5 heteroatoms. The van der Waals surface area contributed by atoms with E-state index in [2.05, 4.69) is 18.6 Å². The lowest BCUT2D eigenvalue weighted by atomic mass is 9.93. The van der Waals surface area contributed by atoms with Gasteiger partial charge in [0.05, 0.1) is 4.90 Å². The molecule has 1 fully saturated rings. The van der Waals surface area contributed by atoms with E-state index in [1.54, 1.807) is 12.1 Å². The monoisotopic (exact) mass is 296 g/mol. The van der Waals surface area contributed by atoms with Gasteiger partial charge in [-0.25, -0.2) is 13.1 Å². The number of nitrogens with two attached hydrogens (primary N) is 1. The summed E-state index contributed by atoms with van der Waals surface area (Å²) in [5.74, 6) is 0.505. The molecule has 3 N–H and O–H groups in total. The summed E-state index contributed by atoms with van der Waals surface area (Å²) in [5.41, 5.74) is 7.43. The first-order valence-electron chi connectivity index (χ1n) is 7.10. The quantitative estimate of drug-likeness (QED) is 0.845. The van der Waals surface area contributed by atoms with E-state index in [4.69, 9.17) is 5.73 Å². The average molecular weight is 296 g/mol. The first-order valence-corrected chi connectivity index (χ1v) is 8.58. The van der Waals surface area contributed by atoms with Gasteiger partial charge in [-0.15, -0.1) is 0 Å². The predicted molar refractivity (Wildman–Crippen MR) is 80.8 cm³/mol. The van der Waals surface area contributed by atoms with Crippen molar-refractivity contribution < 1.29 is 8.42 Å². The minimum Gasteiger partial charge on any atom is -0.326 e. The number of sulfonamides is 1. The largest absolute Gasteiger partial charge is 0.326 e. The van der Waals surface area contributed by atoms with E-state index in [-0.39, 0.29) is 5.41 Å². The number of aryl methyl sites for hydroxylation is 1. The molecule has 4 nitrogen and oxygen atoms in total. The van der Waals surface area contributed by atoms with Gasteiger partial charge in [-0.05, 0) is 48.3 Å². The van der Waals surface area contributed by atoms with E-state index in [1.807, 2.05) is 13.0 Å². The molecule has 1 aliphatic rings. The molecule has 0 atom stereocenters. The molecule has 2 rings (SSSR count). The highest BCUT2D eigenvalue weighted by Gasteiger charge is 2.45. The fraction of sp³-hybridized carbons (Fsp3) is 0.600. The highest BCUT2D eigenvalue weighted by Crippen LogP contribution is 2.51. The van der Waals surface area contributed by atoms with Crippen LogP contribution in [0.15, 0.2) is 23.1 Å². The lowest BCUT2D eigenvalue weighted by Crippen LogP contribution is -2.33. The third kappa shape index (κ3) is 3.05. The summed E-state index contributed by atoms with van der Waals surface area (Å²) in [6.07, 6.45) is 2.22. The first-order chi connectivity index (χ1) is 9.31. The second-order valence-electron chi connectivity index (χ2n) is 6.15. The zero-order valence-electron chi connectivity index (χ0n) is 12.4. The van der Waals surface area contributed by atoms with Crippen LogP contribution in [-0.4, -0.2) is 15.0 Å². The Bertz CT molecular complexity index is 590. The minimum absolute atomic E-state index is 0.165. The fourth-order valence-corrected chi connectivity index (χ4v) is 3.94. The van der Waals surface area contributed by atoms with Crippen LogP contribution in [0.2, 0.25) is 0 Å². The lowest BCUT2D eigenvalue weighted by Gasteiger charge is -2.20. The standard InChI is InChI=1S/C15H24N2O2S/c1-11(2)15(6-7-15)10-17-20(18,19)14-5-4-13(9-16)8-12(14)3/h4-5,8,11,17H,6-7,9-10,16H2,1-3H3. The van der Waals surface area contributed by atoms with Crippen molar-refractivity contribution in [1.82, 2.24) is 4.72 Å². The van der Waals surface area contributed by atoms with Crippen LogP contribution in [0.1, 0.15) is 37.8 Å². The summed E-state index contributed by atoms with van der Waals surface area (Å²) >= 11 is 0. The molecule has 20 heavy (non-hydrogen) atoms.